The fraction of sp³-hybridized carbons (Fsp3) is 0.214. The summed E-state index contributed by atoms with van der Waals surface area (Å²) in [6, 6.07) is 7.08. The first kappa shape index (κ1) is 12.8. The molecule has 0 bridgehead atoms. The van der Waals surface area contributed by atoms with Gasteiger partial charge in [-0.25, -0.2) is 9.78 Å². The minimum atomic E-state index is -0.556. The first-order valence-electron chi connectivity index (χ1n) is 6.25. The van der Waals surface area contributed by atoms with Crippen LogP contribution >= 0.6 is 11.3 Å². The van der Waals surface area contributed by atoms with Gasteiger partial charge in [0.2, 0.25) is 0 Å². The van der Waals surface area contributed by atoms with Crippen LogP contribution in [0.15, 0.2) is 39.7 Å². The molecule has 3 aromatic heterocycles. The highest BCUT2D eigenvalue weighted by Crippen LogP contribution is 2.18. The molecule has 5 nitrogen and oxygen atoms in total. The Bertz CT molecular complexity index is 828. The SMILES string of the molecule is CCc1ccc(C(=O)Cn2c(=O)oc3cccnc32)s1. The molecule has 0 aliphatic carbocycles. The van der Waals surface area contributed by atoms with Gasteiger partial charge in [-0.05, 0) is 30.7 Å². The fourth-order valence-corrected chi connectivity index (χ4v) is 2.86. The summed E-state index contributed by atoms with van der Waals surface area (Å²) in [4.78, 5) is 29.9. The maximum atomic E-state index is 12.2. The summed E-state index contributed by atoms with van der Waals surface area (Å²) in [6.45, 7) is 1.99. The van der Waals surface area contributed by atoms with Crippen molar-refractivity contribution in [2.24, 2.45) is 0 Å². The van der Waals surface area contributed by atoms with E-state index in [0.29, 0.717) is 16.1 Å². The highest BCUT2D eigenvalue weighted by atomic mass is 32.1. The minimum Gasteiger partial charge on any atom is -0.406 e. The predicted molar refractivity (Wildman–Crippen MR) is 76.3 cm³/mol. The van der Waals surface area contributed by atoms with Crippen LogP contribution < -0.4 is 5.76 Å². The number of hydrogen-bond donors (Lipinski definition) is 0. The molecule has 3 heterocycles. The Morgan fingerprint density at radius 1 is 1.40 bits per heavy atom. The Kier molecular flexibility index (Phi) is 3.23. The molecule has 0 saturated heterocycles. The van der Waals surface area contributed by atoms with Crippen LogP contribution in [0.3, 0.4) is 0 Å². The lowest BCUT2D eigenvalue weighted by molar-refractivity contribution is 0.0974. The van der Waals surface area contributed by atoms with Crippen LogP contribution in [0, 0.1) is 0 Å². The van der Waals surface area contributed by atoms with E-state index in [1.807, 2.05) is 13.0 Å². The number of fused-ring (bicyclic) bond motifs is 1. The molecule has 102 valence electrons. The molecule has 3 aromatic rings. The summed E-state index contributed by atoms with van der Waals surface area (Å²) in [7, 11) is 0. The Morgan fingerprint density at radius 2 is 2.25 bits per heavy atom. The van der Waals surface area contributed by atoms with Crippen LogP contribution in [0.5, 0.6) is 0 Å². The zero-order chi connectivity index (χ0) is 14.1. The van der Waals surface area contributed by atoms with Crippen molar-refractivity contribution in [1.29, 1.82) is 0 Å². The standard InChI is InChI=1S/C14H12N2O3S/c1-2-9-5-6-12(20-9)10(17)8-16-13-11(19-14(16)18)4-3-7-15-13/h3-7H,2,8H2,1H3. The summed E-state index contributed by atoms with van der Waals surface area (Å²) in [5, 5.41) is 0. The zero-order valence-corrected chi connectivity index (χ0v) is 11.6. The molecule has 0 amide bonds. The van der Waals surface area contributed by atoms with Gasteiger partial charge >= 0.3 is 5.76 Å². The number of carbonyl (C=O) groups excluding carboxylic acids is 1. The largest absolute Gasteiger partial charge is 0.421 e. The lowest BCUT2D eigenvalue weighted by atomic mass is 10.3. The molecule has 0 N–H and O–H groups in total. The van der Waals surface area contributed by atoms with Gasteiger partial charge in [0.05, 0.1) is 11.4 Å². The van der Waals surface area contributed by atoms with Crippen molar-refractivity contribution in [2.45, 2.75) is 19.9 Å². The molecular formula is C14H12N2O3S. The number of thiophene rings is 1. The summed E-state index contributed by atoms with van der Waals surface area (Å²) < 4.78 is 6.33. The van der Waals surface area contributed by atoms with E-state index < -0.39 is 5.76 Å². The minimum absolute atomic E-state index is 0.0491. The second kappa shape index (κ2) is 5.05. The molecule has 6 heteroatoms. The first-order chi connectivity index (χ1) is 9.69. The lowest BCUT2D eigenvalue weighted by Gasteiger charge is -1.98. The van der Waals surface area contributed by atoms with Crippen molar-refractivity contribution < 1.29 is 9.21 Å². The van der Waals surface area contributed by atoms with Crippen LogP contribution in [0.2, 0.25) is 0 Å². The normalized spacial score (nSPS) is 11.1. The van der Waals surface area contributed by atoms with Gasteiger partial charge < -0.3 is 4.42 Å². The molecule has 0 saturated carbocycles. The Labute approximate surface area is 118 Å². The summed E-state index contributed by atoms with van der Waals surface area (Å²) in [6.07, 6.45) is 2.46. The number of aryl methyl sites for hydroxylation is 1. The van der Waals surface area contributed by atoms with Crippen molar-refractivity contribution >= 4 is 28.4 Å². The van der Waals surface area contributed by atoms with Gasteiger partial charge in [-0.1, -0.05) is 6.92 Å². The van der Waals surface area contributed by atoms with Gasteiger partial charge in [-0.3, -0.25) is 9.36 Å². The van der Waals surface area contributed by atoms with E-state index in [1.165, 1.54) is 15.9 Å². The van der Waals surface area contributed by atoms with Crippen LogP contribution in [-0.2, 0) is 13.0 Å². The van der Waals surface area contributed by atoms with Crippen LogP contribution in [0.1, 0.15) is 21.5 Å². The molecule has 0 unspecified atom stereocenters. The highest BCUT2D eigenvalue weighted by Gasteiger charge is 2.15. The Morgan fingerprint density at radius 3 is 3.00 bits per heavy atom. The number of oxazole rings is 1. The number of nitrogens with zero attached hydrogens (tertiary/aromatic N) is 2. The Hall–Kier alpha value is -2.21. The van der Waals surface area contributed by atoms with E-state index in [1.54, 1.807) is 24.4 Å². The number of rotatable bonds is 4. The number of ketones is 1. The second-order valence-electron chi connectivity index (χ2n) is 4.32. The molecule has 0 aromatic carbocycles. The molecule has 0 spiro atoms. The van der Waals surface area contributed by atoms with Gasteiger partial charge in [-0.2, -0.15) is 0 Å². The monoisotopic (exact) mass is 288 g/mol. The average molecular weight is 288 g/mol. The number of pyridine rings is 1. The molecule has 0 aliphatic heterocycles. The second-order valence-corrected chi connectivity index (χ2v) is 5.49. The van der Waals surface area contributed by atoms with Crippen molar-refractivity contribution in [1.82, 2.24) is 9.55 Å². The molecule has 0 aliphatic rings. The smallest absolute Gasteiger partial charge is 0.406 e. The number of Topliss-reactive ketones (excluding diaryl/α,β-unsaturated/α-hetero) is 1. The maximum Gasteiger partial charge on any atom is 0.421 e. The average Bonchev–Trinajstić information content (AvgIpc) is 3.04. The fourth-order valence-electron chi connectivity index (χ4n) is 1.98. The lowest BCUT2D eigenvalue weighted by Crippen LogP contribution is -2.20. The van der Waals surface area contributed by atoms with E-state index in [9.17, 15) is 9.59 Å². The number of carbonyl (C=O) groups is 1. The predicted octanol–water partition coefficient (Wildman–Crippen LogP) is 2.50. The van der Waals surface area contributed by atoms with E-state index in [0.717, 1.165) is 11.3 Å². The molecule has 0 fully saturated rings. The highest BCUT2D eigenvalue weighted by molar-refractivity contribution is 7.14. The van der Waals surface area contributed by atoms with E-state index in [4.69, 9.17) is 4.42 Å². The first-order valence-corrected chi connectivity index (χ1v) is 7.07. The third kappa shape index (κ3) is 2.18. The number of hydrogen-bond acceptors (Lipinski definition) is 5. The molecule has 0 atom stereocenters. The van der Waals surface area contributed by atoms with E-state index in [-0.39, 0.29) is 12.3 Å². The number of aromatic nitrogens is 2. The molecule has 20 heavy (non-hydrogen) atoms. The quantitative estimate of drug-likeness (QED) is 0.692. The summed E-state index contributed by atoms with van der Waals surface area (Å²) in [5.41, 5.74) is 0.795. The van der Waals surface area contributed by atoms with Crippen molar-refractivity contribution in [3.05, 3.63) is 50.8 Å². The van der Waals surface area contributed by atoms with Crippen LogP contribution in [0.25, 0.3) is 11.2 Å². The molecule has 0 radical (unpaired) electrons. The maximum absolute atomic E-state index is 12.2. The van der Waals surface area contributed by atoms with Crippen LogP contribution in [-0.4, -0.2) is 15.3 Å². The van der Waals surface area contributed by atoms with Gasteiger partial charge in [0.15, 0.2) is 17.0 Å². The van der Waals surface area contributed by atoms with Gasteiger partial charge in [0, 0.05) is 11.1 Å². The third-order valence-electron chi connectivity index (χ3n) is 3.01. The van der Waals surface area contributed by atoms with Gasteiger partial charge in [0.25, 0.3) is 0 Å². The topological polar surface area (TPSA) is 65.1 Å². The summed E-state index contributed by atoms with van der Waals surface area (Å²) >= 11 is 1.46. The van der Waals surface area contributed by atoms with Gasteiger partial charge in [0.1, 0.15) is 0 Å². The summed E-state index contributed by atoms with van der Waals surface area (Å²) in [5.74, 6) is -0.663. The van der Waals surface area contributed by atoms with E-state index in [2.05, 4.69) is 4.98 Å². The zero-order valence-electron chi connectivity index (χ0n) is 10.8. The van der Waals surface area contributed by atoms with Crippen molar-refractivity contribution in [3.8, 4) is 0 Å². The van der Waals surface area contributed by atoms with Gasteiger partial charge in [-0.15, -0.1) is 11.3 Å². The van der Waals surface area contributed by atoms with Crippen molar-refractivity contribution in [3.63, 3.8) is 0 Å². The van der Waals surface area contributed by atoms with Crippen LogP contribution in [0.4, 0.5) is 0 Å². The molecule has 3 rings (SSSR count). The van der Waals surface area contributed by atoms with Crippen molar-refractivity contribution in [2.75, 3.05) is 0 Å². The third-order valence-corrected chi connectivity index (χ3v) is 4.28. The van der Waals surface area contributed by atoms with E-state index >= 15 is 0 Å². The molecular weight excluding hydrogens is 276 g/mol. The Balaban J connectivity index is 1.95.